The normalized spacial score (nSPS) is 9.88. The molecule has 1 aromatic rings. The second-order valence-electron chi connectivity index (χ2n) is 1.51. The van der Waals surface area contributed by atoms with Crippen molar-refractivity contribution in [3.05, 3.63) is 18.9 Å². The van der Waals surface area contributed by atoms with Gasteiger partial charge in [0.1, 0.15) is 0 Å². The van der Waals surface area contributed by atoms with Crippen LogP contribution in [0.5, 0.6) is 0 Å². The Morgan fingerprint density at radius 1 is 1.75 bits per heavy atom. The minimum absolute atomic E-state index is 0.913. The lowest BCUT2D eigenvalue weighted by atomic mass is 10.4. The molecule has 1 heterocycles. The molecule has 0 aromatic carbocycles. The zero-order valence-corrected chi connectivity index (χ0v) is 7.97. The molecule has 1 aromatic heterocycles. The van der Waals surface area contributed by atoms with Gasteiger partial charge in [0, 0.05) is 0 Å². The van der Waals surface area contributed by atoms with E-state index in [1.165, 1.54) is 8.45 Å². The molecular weight excluding hydrogens is 254 g/mol. The number of hydrogen-bond donors (Lipinski definition) is 0. The Labute approximate surface area is 71.0 Å². The van der Waals surface area contributed by atoms with Gasteiger partial charge in [0.05, 0.1) is 7.91 Å². The summed E-state index contributed by atoms with van der Waals surface area (Å²) in [5.74, 6) is 0. The van der Waals surface area contributed by atoms with Crippen LogP contribution in [-0.2, 0) is 0 Å². The molecule has 0 N–H and O–H groups in total. The van der Waals surface area contributed by atoms with Crippen molar-refractivity contribution in [3.63, 3.8) is 0 Å². The molecule has 44 valence electrons. The Morgan fingerprint density at radius 3 is 2.50 bits per heavy atom. The summed E-state index contributed by atoms with van der Waals surface area (Å²) < 4.78 is 1.18. The van der Waals surface area contributed by atoms with Crippen LogP contribution in [0.15, 0.2) is 5.38 Å². The molecule has 0 spiro atoms. The van der Waals surface area contributed by atoms with E-state index in [1.54, 1.807) is 11.3 Å². The molecule has 0 atom stereocenters. The van der Waals surface area contributed by atoms with Gasteiger partial charge in [0.2, 0.25) is 0 Å². The fourth-order valence-electron chi connectivity index (χ4n) is 0.399. The smallest absolute Gasteiger partial charge is 0.0842 e. The van der Waals surface area contributed by atoms with Crippen molar-refractivity contribution < 1.29 is 0 Å². The zero-order chi connectivity index (χ0) is 6.15. The van der Waals surface area contributed by atoms with Crippen LogP contribution in [0, 0.1) is 9.81 Å². The van der Waals surface area contributed by atoms with E-state index in [-0.39, 0.29) is 0 Å². The molecule has 0 amide bonds. The Morgan fingerprint density at radius 2 is 2.38 bits per heavy atom. The highest BCUT2D eigenvalue weighted by Gasteiger charge is 1.99. The summed E-state index contributed by atoms with van der Waals surface area (Å²) in [5.41, 5.74) is 1.18. The quantitative estimate of drug-likeness (QED) is 0.626. The number of thiophene rings is 1. The third kappa shape index (κ3) is 1.17. The minimum atomic E-state index is 0.913. The van der Waals surface area contributed by atoms with Crippen molar-refractivity contribution in [2.24, 2.45) is 0 Å². The average molecular weight is 259 g/mol. The molecule has 8 heavy (non-hydrogen) atoms. The summed E-state index contributed by atoms with van der Waals surface area (Å²) in [6.07, 6.45) is 0. The van der Waals surface area contributed by atoms with E-state index in [0.717, 1.165) is 5.02 Å². The van der Waals surface area contributed by atoms with Gasteiger partial charge in [-0.1, -0.05) is 11.6 Å². The summed E-state index contributed by atoms with van der Waals surface area (Å²) in [5, 5.41) is 2.97. The Kier molecular flexibility index (Phi) is 2.17. The summed E-state index contributed by atoms with van der Waals surface area (Å²) in [6, 6.07) is 0. The van der Waals surface area contributed by atoms with E-state index < -0.39 is 0 Å². The largest absolute Gasteiger partial charge is 0.136 e. The van der Waals surface area contributed by atoms with E-state index >= 15 is 0 Å². The van der Waals surface area contributed by atoms with Gasteiger partial charge >= 0.3 is 0 Å². The van der Waals surface area contributed by atoms with Gasteiger partial charge in [-0.2, -0.15) is 0 Å². The third-order valence-electron chi connectivity index (χ3n) is 0.858. The molecule has 0 nitrogen and oxygen atoms in total. The number of aryl methyl sites for hydroxylation is 1. The molecule has 0 aliphatic heterocycles. The molecule has 3 heteroatoms. The Hall–Kier alpha value is 0.720. The first kappa shape index (κ1) is 6.83. The minimum Gasteiger partial charge on any atom is -0.136 e. The monoisotopic (exact) mass is 258 g/mol. The van der Waals surface area contributed by atoms with E-state index in [9.17, 15) is 0 Å². The van der Waals surface area contributed by atoms with E-state index in [1.807, 2.05) is 6.92 Å². The average Bonchev–Trinajstić information content (AvgIpc) is 1.98. The van der Waals surface area contributed by atoms with Crippen molar-refractivity contribution in [1.29, 1.82) is 0 Å². The van der Waals surface area contributed by atoms with Gasteiger partial charge in [0.15, 0.2) is 0 Å². The summed E-state index contributed by atoms with van der Waals surface area (Å²) in [7, 11) is 0. The highest BCUT2D eigenvalue weighted by molar-refractivity contribution is 14.1. The fraction of sp³-hybridized carbons (Fsp3) is 0.200. The van der Waals surface area contributed by atoms with E-state index in [4.69, 9.17) is 11.6 Å². The fourth-order valence-corrected chi connectivity index (χ4v) is 2.12. The van der Waals surface area contributed by atoms with Crippen LogP contribution in [-0.4, -0.2) is 0 Å². The van der Waals surface area contributed by atoms with Gasteiger partial charge in [-0.15, -0.1) is 11.3 Å². The summed E-state index contributed by atoms with van der Waals surface area (Å²) >= 11 is 9.71. The lowest BCUT2D eigenvalue weighted by molar-refractivity contribution is 1.55. The van der Waals surface area contributed by atoms with Crippen LogP contribution in [0.1, 0.15) is 5.56 Å². The second-order valence-corrected chi connectivity index (χ2v) is 4.57. The molecule has 0 unspecified atom stereocenters. The molecule has 0 bridgehead atoms. The zero-order valence-electron chi connectivity index (χ0n) is 4.24. The van der Waals surface area contributed by atoms with Crippen molar-refractivity contribution in [3.8, 4) is 0 Å². The molecule has 1 rings (SSSR count). The maximum atomic E-state index is 5.80. The first-order chi connectivity index (χ1) is 3.72. The number of rotatable bonds is 0. The van der Waals surface area contributed by atoms with Crippen LogP contribution in [0.2, 0.25) is 5.02 Å². The topological polar surface area (TPSA) is 0 Å². The molecule has 0 aliphatic rings. The van der Waals surface area contributed by atoms with Crippen molar-refractivity contribution >= 4 is 45.5 Å². The maximum absolute atomic E-state index is 5.80. The standard InChI is InChI=1S/C5H4ClIS/c1-3-2-8-5(7)4(3)6/h2H,1H3. The first-order valence-electron chi connectivity index (χ1n) is 2.11. The molecule has 0 radical (unpaired) electrons. The molecule has 0 aliphatic carbocycles. The molecule has 0 saturated carbocycles. The van der Waals surface area contributed by atoms with Gasteiger partial charge < -0.3 is 0 Å². The highest BCUT2D eigenvalue weighted by atomic mass is 127. The predicted molar refractivity (Wildman–Crippen MR) is 46.8 cm³/mol. The maximum Gasteiger partial charge on any atom is 0.0842 e. The third-order valence-corrected chi connectivity index (χ3v) is 3.96. The molecule has 0 saturated heterocycles. The lowest BCUT2D eigenvalue weighted by Crippen LogP contribution is -1.61. The van der Waals surface area contributed by atoms with Crippen molar-refractivity contribution in [1.82, 2.24) is 0 Å². The molecule has 0 fully saturated rings. The SMILES string of the molecule is Cc1csc(I)c1Cl. The Bertz CT molecular complexity index is 175. The van der Waals surface area contributed by atoms with Gasteiger partial charge in [-0.3, -0.25) is 0 Å². The summed E-state index contributed by atoms with van der Waals surface area (Å²) in [4.78, 5) is 0. The van der Waals surface area contributed by atoms with Crippen LogP contribution < -0.4 is 0 Å². The highest BCUT2D eigenvalue weighted by Crippen LogP contribution is 2.27. The first-order valence-corrected chi connectivity index (χ1v) is 4.44. The lowest BCUT2D eigenvalue weighted by Gasteiger charge is -1.81. The van der Waals surface area contributed by atoms with Crippen LogP contribution in [0.4, 0.5) is 0 Å². The van der Waals surface area contributed by atoms with Gasteiger partial charge in [0.25, 0.3) is 0 Å². The predicted octanol–water partition coefficient (Wildman–Crippen LogP) is 3.31. The van der Waals surface area contributed by atoms with E-state index in [2.05, 4.69) is 28.0 Å². The van der Waals surface area contributed by atoms with Crippen LogP contribution in [0.3, 0.4) is 0 Å². The Balaban J connectivity index is 3.19. The molecular formula is C5H4ClIS. The number of hydrogen-bond acceptors (Lipinski definition) is 1. The van der Waals surface area contributed by atoms with Gasteiger partial charge in [-0.05, 0) is 40.5 Å². The second kappa shape index (κ2) is 2.54. The van der Waals surface area contributed by atoms with Gasteiger partial charge in [-0.25, -0.2) is 0 Å². The summed E-state index contributed by atoms with van der Waals surface area (Å²) in [6.45, 7) is 2.01. The van der Waals surface area contributed by atoms with E-state index in [0.29, 0.717) is 0 Å². The number of halogens is 2. The van der Waals surface area contributed by atoms with Crippen molar-refractivity contribution in [2.75, 3.05) is 0 Å². The van der Waals surface area contributed by atoms with Crippen LogP contribution >= 0.6 is 45.5 Å². The van der Waals surface area contributed by atoms with Crippen molar-refractivity contribution in [2.45, 2.75) is 6.92 Å². The van der Waals surface area contributed by atoms with Crippen LogP contribution in [0.25, 0.3) is 0 Å².